The van der Waals surface area contributed by atoms with E-state index in [0.29, 0.717) is 0 Å². The fourth-order valence-corrected chi connectivity index (χ4v) is 0.465. The van der Waals surface area contributed by atoms with Crippen molar-refractivity contribution < 1.29 is 4.79 Å². The van der Waals surface area contributed by atoms with Crippen molar-refractivity contribution >= 4 is 5.91 Å². The SMILES string of the molecule is CC(N)=O.NCCCCCN. The van der Waals surface area contributed by atoms with Crippen LogP contribution in [0.3, 0.4) is 0 Å². The van der Waals surface area contributed by atoms with Crippen LogP contribution in [0, 0.1) is 0 Å². The summed E-state index contributed by atoms with van der Waals surface area (Å²) in [6.07, 6.45) is 3.43. The van der Waals surface area contributed by atoms with Gasteiger partial charge in [0.25, 0.3) is 0 Å². The molecule has 0 unspecified atom stereocenters. The molecule has 11 heavy (non-hydrogen) atoms. The Balaban J connectivity index is 0. The van der Waals surface area contributed by atoms with Gasteiger partial charge in [0.2, 0.25) is 5.91 Å². The molecule has 4 heteroatoms. The van der Waals surface area contributed by atoms with Gasteiger partial charge in [-0.3, -0.25) is 4.79 Å². The monoisotopic (exact) mass is 161 g/mol. The van der Waals surface area contributed by atoms with Gasteiger partial charge in [-0.1, -0.05) is 6.42 Å². The minimum atomic E-state index is -0.333. The zero-order valence-corrected chi connectivity index (χ0v) is 7.18. The van der Waals surface area contributed by atoms with E-state index in [0.717, 1.165) is 25.9 Å². The van der Waals surface area contributed by atoms with Crippen molar-refractivity contribution in [3.8, 4) is 0 Å². The highest BCUT2D eigenvalue weighted by molar-refractivity contribution is 5.70. The van der Waals surface area contributed by atoms with Gasteiger partial charge in [-0.2, -0.15) is 0 Å². The zero-order chi connectivity index (χ0) is 9.11. The Bertz CT molecular complexity index is 77.8. The number of nitrogens with two attached hydrogens (primary N) is 3. The Kier molecular flexibility index (Phi) is 14.3. The van der Waals surface area contributed by atoms with Crippen molar-refractivity contribution in [3.05, 3.63) is 0 Å². The van der Waals surface area contributed by atoms with Crippen molar-refractivity contribution in [2.75, 3.05) is 13.1 Å². The maximum atomic E-state index is 9.22. The molecule has 0 aromatic rings. The average Bonchev–Trinajstić information content (AvgIpc) is 1.88. The molecule has 0 aliphatic carbocycles. The molecule has 0 heterocycles. The lowest BCUT2D eigenvalue weighted by Crippen LogP contribution is -2.02. The number of hydrogen-bond donors (Lipinski definition) is 3. The molecule has 4 nitrogen and oxygen atoms in total. The number of amides is 1. The standard InChI is InChI=1S/C5H14N2.C2H5NO/c6-4-2-1-3-5-7;1-2(3)4/h1-7H2;1H3,(H2,3,4). The van der Waals surface area contributed by atoms with E-state index in [9.17, 15) is 4.79 Å². The minimum Gasteiger partial charge on any atom is -0.370 e. The topological polar surface area (TPSA) is 95.1 Å². The van der Waals surface area contributed by atoms with Crippen LogP contribution in [0.5, 0.6) is 0 Å². The lowest BCUT2D eigenvalue weighted by Gasteiger charge is -1.91. The summed E-state index contributed by atoms with van der Waals surface area (Å²) in [6, 6.07) is 0. The van der Waals surface area contributed by atoms with Crippen LogP contribution >= 0.6 is 0 Å². The molecule has 0 rings (SSSR count). The van der Waals surface area contributed by atoms with Crippen LogP contribution in [0.15, 0.2) is 0 Å². The largest absolute Gasteiger partial charge is 0.370 e. The van der Waals surface area contributed by atoms with E-state index in [4.69, 9.17) is 11.5 Å². The van der Waals surface area contributed by atoms with Gasteiger partial charge in [0, 0.05) is 6.92 Å². The van der Waals surface area contributed by atoms with Crippen LogP contribution < -0.4 is 17.2 Å². The Morgan fingerprint density at radius 3 is 1.55 bits per heavy atom. The number of primary amides is 1. The second-order valence-electron chi connectivity index (χ2n) is 2.25. The Morgan fingerprint density at radius 2 is 1.36 bits per heavy atom. The van der Waals surface area contributed by atoms with E-state index < -0.39 is 0 Å². The molecule has 0 spiro atoms. The van der Waals surface area contributed by atoms with Gasteiger partial charge in [-0.05, 0) is 25.9 Å². The summed E-state index contributed by atoms with van der Waals surface area (Å²) >= 11 is 0. The van der Waals surface area contributed by atoms with Crippen LogP contribution in [-0.2, 0) is 4.79 Å². The average molecular weight is 161 g/mol. The first-order chi connectivity index (χ1) is 5.15. The first-order valence-electron chi connectivity index (χ1n) is 3.81. The van der Waals surface area contributed by atoms with Gasteiger partial charge < -0.3 is 17.2 Å². The minimum absolute atomic E-state index is 0.333. The molecule has 0 aromatic heterocycles. The molecule has 0 fully saturated rings. The Hall–Kier alpha value is -0.610. The van der Waals surface area contributed by atoms with Crippen LogP contribution in [-0.4, -0.2) is 19.0 Å². The molecule has 68 valence electrons. The smallest absolute Gasteiger partial charge is 0.214 e. The van der Waals surface area contributed by atoms with Gasteiger partial charge in [0.15, 0.2) is 0 Å². The van der Waals surface area contributed by atoms with E-state index in [2.05, 4.69) is 5.73 Å². The highest BCUT2D eigenvalue weighted by Gasteiger charge is 1.80. The first-order valence-corrected chi connectivity index (χ1v) is 3.81. The van der Waals surface area contributed by atoms with Gasteiger partial charge >= 0.3 is 0 Å². The molecule has 0 aromatic carbocycles. The second kappa shape index (κ2) is 12.1. The lowest BCUT2D eigenvalue weighted by molar-refractivity contribution is -0.115. The van der Waals surface area contributed by atoms with E-state index in [-0.39, 0.29) is 5.91 Å². The maximum Gasteiger partial charge on any atom is 0.214 e. The molecule has 0 bridgehead atoms. The van der Waals surface area contributed by atoms with Gasteiger partial charge in [-0.15, -0.1) is 0 Å². The third kappa shape index (κ3) is 44.6. The number of carbonyl (C=O) groups excluding carboxylic acids is 1. The molecule has 0 radical (unpaired) electrons. The third-order valence-electron chi connectivity index (χ3n) is 0.908. The van der Waals surface area contributed by atoms with Crippen molar-refractivity contribution in [1.29, 1.82) is 0 Å². The number of unbranched alkanes of at least 4 members (excludes halogenated alkanes) is 2. The first kappa shape index (κ1) is 13.0. The van der Waals surface area contributed by atoms with Crippen LogP contribution in [0.2, 0.25) is 0 Å². The molecular formula is C7H19N3O. The normalized spacial score (nSPS) is 8.27. The fourth-order valence-electron chi connectivity index (χ4n) is 0.465. The summed E-state index contributed by atoms with van der Waals surface area (Å²) < 4.78 is 0. The highest BCUT2D eigenvalue weighted by atomic mass is 16.1. The van der Waals surface area contributed by atoms with Crippen molar-refractivity contribution in [1.82, 2.24) is 0 Å². The van der Waals surface area contributed by atoms with E-state index >= 15 is 0 Å². The number of rotatable bonds is 4. The molecule has 0 aliphatic rings. The van der Waals surface area contributed by atoms with E-state index in [1.54, 1.807) is 0 Å². The van der Waals surface area contributed by atoms with Gasteiger partial charge in [0.05, 0.1) is 0 Å². The summed E-state index contributed by atoms with van der Waals surface area (Å²) in [5.41, 5.74) is 14.9. The summed E-state index contributed by atoms with van der Waals surface area (Å²) in [7, 11) is 0. The summed E-state index contributed by atoms with van der Waals surface area (Å²) in [5, 5.41) is 0. The highest BCUT2D eigenvalue weighted by Crippen LogP contribution is 1.88. The molecule has 0 saturated carbocycles. The maximum absolute atomic E-state index is 9.22. The lowest BCUT2D eigenvalue weighted by atomic mass is 10.2. The summed E-state index contributed by atoms with van der Waals surface area (Å²) in [6.45, 7) is 2.92. The number of carbonyl (C=O) groups is 1. The van der Waals surface area contributed by atoms with Gasteiger partial charge in [0.1, 0.15) is 0 Å². The molecule has 0 aliphatic heterocycles. The Labute approximate surface area is 68.1 Å². The Morgan fingerprint density at radius 1 is 1.09 bits per heavy atom. The quantitative estimate of drug-likeness (QED) is 0.488. The van der Waals surface area contributed by atoms with Crippen molar-refractivity contribution in [2.24, 2.45) is 17.2 Å². The number of hydrogen-bond acceptors (Lipinski definition) is 3. The molecule has 6 N–H and O–H groups in total. The van der Waals surface area contributed by atoms with E-state index in [1.165, 1.54) is 13.3 Å². The third-order valence-corrected chi connectivity index (χ3v) is 0.908. The fraction of sp³-hybridized carbons (Fsp3) is 0.857. The van der Waals surface area contributed by atoms with Crippen molar-refractivity contribution in [2.45, 2.75) is 26.2 Å². The molecular weight excluding hydrogens is 142 g/mol. The van der Waals surface area contributed by atoms with Crippen LogP contribution in [0.1, 0.15) is 26.2 Å². The predicted octanol–water partition coefficient (Wildman–Crippen LogP) is -0.434. The van der Waals surface area contributed by atoms with Crippen LogP contribution in [0.4, 0.5) is 0 Å². The predicted molar refractivity (Wildman–Crippen MR) is 46.8 cm³/mol. The zero-order valence-electron chi connectivity index (χ0n) is 7.18. The van der Waals surface area contributed by atoms with Crippen LogP contribution in [0.25, 0.3) is 0 Å². The van der Waals surface area contributed by atoms with Crippen molar-refractivity contribution in [3.63, 3.8) is 0 Å². The molecule has 0 saturated heterocycles. The van der Waals surface area contributed by atoms with Gasteiger partial charge in [-0.25, -0.2) is 0 Å². The second-order valence-corrected chi connectivity index (χ2v) is 2.25. The molecule has 0 atom stereocenters. The van der Waals surface area contributed by atoms with E-state index in [1.807, 2.05) is 0 Å². The summed E-state index contributed by atoms with van der Waals surface area (Å²) in [5.74, 6) is -0.333. The molecule has 1 amide bonds. The summed E-state index contributed by atoms with van der Waals surface area (Å²) in [4.78, 5) is 9.22.